The molecule has 0 fully saturated rings. The number of nitrogens with zero attached hydrogens (tertiary/aromatic N) is 3. The first-order valence-electron chi connectivity index (χ1n) is 9.77. The van der Waals surface area contributed by atoms with E-state index in [0.717, 1.165) is 30.7 Å². The summed E-state index contributed by atoms with van der Waals surface area (Å²) in [4.78, 5) is 30.3. The van der Waals surface area contributed by atoms with Gasteiger partial charge >= 0.3 is 0 Å². The van der Waals surface area contributed by atoms with E-state index in [1.54, 1.807) is 26.0 Å². The minimum Gasteiger partial charge on any atom is -0.493 e. The molecule has 0 N–H and O–H groups in total. The molecular weight excluding hydrogens is 358 g/mol. The molecule has 0 aliphatic carbocycles. The average molecular weight is 392 g/mol. The van der Waals surface area contributed by atoms with E-state index in [1.165, 1.54) is 5.56 Å². The van der Waals surface area contributed by atoms with Gasteiger partial charge in [0.1, 0.15) is 0 Å². The second-order valence-corrected chi connectivity index (χ2v) is 7.45. The number of hydrogen-bond donors (Lipinski definition) is 0. The van der Waals surface area contributed by atoms with Crippen LogP contribution in [-0.2, 0) is 22.6 Å². The lowest BCUT2D eigenvalue weighted by Gasteiger charge is -2.30. The summed E-state index contributed by atoms with van der Waals surface area (Å²) >= 11 is 0. The van der Waals surface area contributed by atoms with E-state index in [0.29, 0.717) is 38.3 Å². The molecule has 0 unspecified atom stereocenters. The summed E-state index contributed by atoms with van der Waals surface area (Å²) in [5.74, 6) is 1.50. The maximum Gasteiger partial charge on any atom is 0.224 e. The predicted octanol–water partition coefficient (Wildman–Crippen LogP) is 1.78. The van der Waals surface area contributed by atoms with Gasteiger partial charge in [0.2, 0.25) is 11.8 Å². The van der Waals surface area contributed by atoms with Crippen LogP contribution in [0.25, 0.3) is 0 Å². The molecule has 0 saturated carbocycles. The molecule has 1 aliphatic heterocycles. The number of methoxy groups -OCH3 is 2. The highest BCUT2D eigenvalue weighted by molar-refractivity contribution is 5.78. The smallest absolute Gasteiger partial charge is 0.224 e. The standard InChI is InChI=1S/C21H33N3O4/c1-16(25)23(10-6-9-22(2)3)12-8-21(26)24-11-7-17-13-19(27-4)20(28-5)14-18(17)15-24/h13-14H,6-12,15H2,1-5H3. The van der Waals surface area contributed by atoms with E-state index in [1.807, 2.05) is 31.1 Å². The third-order valence-corrected chi connectivity index (χ3v) is 5.15. The fourth-order valence-electron chi connectivity index (χ4n) is 3.49. The van der Waals surface area contributed by atoms with Crippen molar-refractivity contribution in [2.45, 2.75) is 32.7 Å². The van der Waals surface area contributed by atoms with E-state index < -0.39 is 0 Å². The number of fused-ring (bicyclic) bond motifs is 1. The largest absolute Gasteiger partial charge is 0.493 e. The second-order valence-electron chi connectivity index (χ2n) is 7.45. The summed E-state index contributed by atoms with van der Waals surface area (Å²) in [5, 5.41) is 0. The first kappa shape index (κ1) is 22.0. The van der Waals surface area contributed by atoms with Gasteiger partial charge in [-0.1, -0.05) is 0 Å². The zero-order valence-electron chi connectivity index (χ0n) is 17.8. The van der Waals surface area contributed by atoms with Crippen molar-refractivity contribution in [1.29, 1.82) is 0 Å². The summed E-state index contributed by atoms with van der Waals surface area (Å²) in [5.41, 5.74) is 2.28. The van der Waals surface area contributed by atoms with Crippen LogP contribution >= 0.6 is 0 Å². The van der Waals surface area contributed by atoms with Crippen molar-refractivity contribution in [3.63, 3.8) is 0 Å². The van der Waals surface area contributed by atoms with Gasteiger partial charge in [0.05, 0.1) is 14.2 Å². The summed E-state index contributed by atoms with van der Waals surface area (Å²) in [6.07, 6.45) is 2.05. The summed E-state index contributed by atoms with van der Waals surface area (Å²) in [6.45, 7) is 4.89. The van der Waals surface area contributed by atoms with Crippen molar-refractivity contribution in [2.75, 3.05) is 54.5 Å². The lowest BCUT2D eigenvalue weighted by molar-refractivity contribution is -0.134. The third kappa shape index (κ3) is 5.86. The van der Waals surface area contributed by atoms with Crippen molar-refractivity contribution in [3.05, 3.63) is 23.3 Å². The van der Waals surface area contributed by atoms with E-state index in [4.69, 9.17) is 9.47 Å². The van der Waals surface area contributed by atoms with Gasteiger partial charge in [0, 0.05) is 39.5 Å². The predicted molar refractivity (Wildman–Crippen MR) is 109 cm³/mol. The van der Waals surface area contributed by atoms with Crippen LogP contribution in [0.4, 0.5) is 0 Å². The maximum absolute atomic E-state index is 12.7. The van der Waals surface area contributed by atoms with Gasteiger partial charge in [-0.25, -0.2) is 0 Å². The minimum absolute atomic E-state index is 0.0207. The molecular formula is C21H33N3O4. The Morgan fingerprint density at radius 1 is 1.04 bits per heavy atom. The SMILES string of the molecule is COc1cc2c(cc1OC)CN(C(=O)CCN(CCCN(C)C)C(C)=O)CC2. The minimum atomic E-state index is 0.0207. The molecule has 0 aromatic heterocycles. The molecule has 1 heterocycles. The molecule has 7 heteroatoms. The quantitative estimate of drug-likeness (QED) is 0.642. The van der Waals surface area contributed by atoms with Crippen molar-refractivity contribution >= 4 is 11.8 Å². The fraction of sp³-hybridized carbons (Fsp3) is 0.619. The number of amides is 2. The Balaban J connectivity index is 1.93. The van der Waals surface area contributed by atoms with E-state index in [2.05, 4.69) is 4.90 Å². The average Bonchev–Trinajstić information content (AvgIpc) is 2.68. The van der Waals surface area contributed by atoms with E-state index >= 15 is 0 Å². The molecule has 2 rings (SSSR count). The summed E-state index contributed by atoms with van der Waals surface area (Å²) in [7, 11) is 7.27. The number of benzene rings is 1. The van der Waals surface area contributed by atoms with E-state index in [-0.39, 0.29) is 11.8 Å². The molecule has 7 nitrogen and oxygen atoms in total. The lowest BCUT2D eigenvalue weighted by Crippen LogP contribution is -2.39. The zero-order chi connectivity index (χ0) is 20.7. The van der Waals surface area contributed by atoms with Gasteiger partial charge in [0.25, 0.3) is 0 Å². The Bertz CT molecular complexity index is 690. The van der Waals surface area contributed by atoms with Crippen LogP contribution in [0.15, 0.2) is 12.1 Å². The highest BCUT2D eigenvalue weighted by Gasteiger charge is 2.23. The number of rotatable bonds is 9. The fourth-order valence-corrected chi connectivity index (χ4v) is 3.49. The van der Waals surface area contributed by atoms with Gasteiger partial charge in [-0.2, -0.15) is 0 Å². The molecule has 156 valence electrons. The van der Waals surface area contributed by atoms with Gasteiger partial charge in [-0.15, -0.1) is 0 Å². The maximum atomic E-state index is 12.7. The molecule has 2 amide bonds. The Labute approximate surface area is 168 Å². The van der Waals surface area contributed by atoms with Crippen LogP contribution < -0.4 is 9.47 Å². The summed E-state index contributed by atoms with van der Waals surface area (Å²) < 4.78 is 10.7. The van der Waals surface area contributed by atoms with Crippen molar-refractivity contribution in [1.82, 2.24) is 14.7 Å². The Morgan fingerprint density at radius 3 is 2.25 bits per heavy atom. The molecule has 0 saturated heterocycles. The number of carbonyl (C=O) groups is 2. The molecule has 1 aromatic carbocycles. The van der Waals surface area contributed by atoms with Crippen LogP contribution in [0.1, 0.15) is 30.9 Å². The molecule has 0 spiro atoms. The number of hydrogen-bond acceptors (Lipinski definition) is 5. The molecule has 28 heavy (non-hydrogen) atoms. The highest BCUT2D eigenvalue weighted by atomic mass is 16.5. The molecule has 0 radical (unpaired) electrons. The molecule has 0 atom stereocenters. The van der Waals surface area contributed by atoms with E-state index in [9.17, 15) is 9.59 Å². The van der Waals surface area contributed by atoms with Crippen molar-refractivity contribution in [2.24, 2.45) is 0 Å². The van der Waals surface area contributed by atoms with Crippen LogP contribution in [0.3, 0.4) is 0 Å². The Kier molecular flexibility index (Phi) is 8.11. The van der Waals surface area contributed by atoms with Gasteiger partial charge in [-0.05, 0) is 56.7 Å². The zero-order valence-corrected chi connectivity index (χ0v) is 17.8. The number of ether oxygens (including phenoxy) is 2. The molecule has 1 aromatic rings. The van der Waals surface area contributed by atoms with Crippen LogP contribution in [0, 0.1) is 0 Å². The van der Waals surface area contributed by atoms with Crippen LogP contribution in [0.5, 0.6) is 11.5 Å². The monoisotopic (exact) mass is 391 g/mol. The highest BCUT2D eigenvalue weighted by Crippen LogP contribution is 2.33. The lowest BCUT2D eigenvalue weighted by atomic mass is 9.98. The van der Waals surface area contributed by atoms with Crippen molar-refractivity contribution in [3.8, 4) is 11.5 Å². The first-order valence-corrected chi connectivity index (χ1v) is 9.77. The third-order valence-electron chi connectivity index (χ3n) is 5.15. The Morgan fingerprint density at radius 2 is 1.68 bits per heavy atom. The number of carbonyl (C=O) groups excluding carboxylic acids is 2. The second kappa shape index (κ2) is 10.3. The molecule has 1 aliphatic rings. The van der Waals surface area contributed by atoms with Crippen LogP contribution in [0.2, 0.25) is 0 Å². The van der Waals surface area contributed by atoms with Gasteiger partial charge < -0.3 is 24.2 Å². The van der Waals surface area contributed by atoms with Gasteiger partial charge in [-0.3, -0.25) is 9.59 Å². The van der Waals surface area contributed by atoms with Crippen LogP contribution in [-0.4, -0.2) is 81.0 Å². The first-order chi connectivity index (χ1) is 13.3. The Hall–Kier alpha value is -2.28. The topological polar surface area (TPSA) is 62.3 Å². The van der Waals surface area contributed by atoms with Gasteiger partial charge in [0.15, 0.2) is 11.5 Å². The molecule has 0 bridgehead atoms. The van der Waals surface area contributed by atoms with Crippen molar-refractivity contribution < 1.29 is 19.1 Å². The normalized spacial score (nSPS) is 13.3. The summed E-state index contributed by atoms with van der Waals surface area (Å²) in [6, 6.07) is 3.95.